The second kappa shape index (κ2) is 4.58. The maximum atomic E-state index is 11.3. The van der Waals surface area contributed by atoms with E-state index in [0.717, 1.165) is 19.5 Å². The highest BCUT2D eigenvalue weighted by atomic mass is 16.5. The van der Waals surface area contributed by atoms with Crippen LogP contribution in [0.5, 0.6) is 0 Å². The van der Waals surface area contributed by atoms with Gasteiger partial charge in [-0.1, -0.05) is 0 Å². The fourth-order valence-corrected chi connectivity index (χ4v) is 1.77. The Labute approximate surface area is 78.8 Å². The number of piperidine rings is 1. The molecule has 0 bridgehead atoms. The van der Waals surface area contributed by atoms with Gasteiger partial charge < -0.3 is 14.4 Å². The average Bonchev–Trinajstić information content (AvgIpc) is 2.15. The van der Waals surface area contributed by atoms with Crippen LogP contribution in [0.15, 0.2) is 0 Å². The predicted octanol–water partition coefficient (Wildman–Crippen LogP) is 0.126. The molecular weight excluding hydrogens is 170 g/mol. The highest BCUT2D eigenvalue weighted by molar-refractivity contribution is 5.72. The van der Waals surface area contributed by atoms with Gasteiger partial charge in [-0.2, -0.15) is 0 Å². The summed E-state index contributed by atoms with van der Waals surface area (Å²) in [6.07, 6.45) is 0.927. The zero-order chi connectivity index (χ0) is 9.84. The van der Waals surface area contributed by atoms with Crippen LogP contribution in [0.4, 0.5) is 0 Å². The minimum atomic E-state index is -0.131. The van der Waals surface area contributed by atoms with E-state index in [1.807, 2.05) is 7.05 Å². The lowest BCUT2D eigenvalue weighted by atomic mass is 9.96. The molecule has 1 rings (SSSR count). The molecule has 1 aliphatic heterocycles. The maximum Gasteiger partial charge on any atom is 0.310 e. The van der Waals surface area contributed by atoms with Crippen molar-refractivity contribution in [3.8, 4) is 0 Å². The lowest BCUT2D eigenvalue weighted by Crippen LogP contribution is -2.44. The number of rotatable bonds is 2. The Balaban J connectivity index is 2.51. The van der Waals surface area contributed by atoms with Gasteiger partial charge in [0, 0.05) is 20.2 Å². The smallest absolute Gasteiger partial charge is 0.310 e. The van der Waals surface area contributed by atoms with E-state index in [0.29, 0.717) is 0 Å². The van der Waals surface area contributed by atoms with Crippen LogP contribution in [0.1, 0.15) is 6.42 Å². The predicted molar refractivity (Wildman–Crippen MR) is 48.4 cm³/mol. The summed E-state index contributed by atoms with van der Waals surface area (Å²) in [5.74, 6) is -0.165. The Morgan fingerprint density at radius 1 is 1.38 bits per heavy atom. The van der Waals surface area contributed by atoms with E-state index in [2.05, 4.69) is 4.90 Å². The minimum absolute atomic E-state index is 0.0336. The molecule has 0 aromatic heterocycles. The van der Waals surface area contributed by atoms with Crippen molar-refractivity contribution in [3.63, 3.8) is 0 Å². The summed E-state index contributed by atoms with van der Waals surface area (Å²) in [5, 5.41) is 0. The Bertz CT molecular complexity index is 184. The van der Waals surface area contributed by atoms with Gasteiger partial charge in [-0.15, -0.1) is 0 Å². The molecule has 1 saturated heterocycles. The largest absolute Gasteiger partial charge is 0.469 e. The highest BCUT2D eigenvalue weighted by Gasteiger charge is 2.30. The topological polar surface area (TPSA) is 38.8 Å². The van der Waals surface area contributed by atoms with Crippen LogP contribution in [0.2, 0.25) is 0 Å². The molecule has 1 fully saturated rings. The summed E-state index contributed by atoms with van der Waals surface area (Å²) in [6, 6.07) is 0. The average molecular weight is 187 g/mol. The quantitative estimate of drug-likeness (QED) is 0.576. The van der Waals surface area contributed by atoms with Crippen LogP contribution in [-0.2, 0) is 14.3 Å². The standard InChI is InChI=1S/C9H17NO3/c1-10-5-7(9(11)13-3)4-8(6-10)12-2/h7-8H,4-6H2,1-3H3. The van der Waals surface area contributed by atoms with Crippen LogP contribution in [0.3, 0.4) is 0 Å². The molecule has 2 atom stereocenters. The van der Waals surface area contributed by atoms with Crippen molar-refractivity contribution in [1.82, 2.24) is 4.90 Å². The molecule has 1 heterocycles. The van der Waals surface area contributed by atoms with Crippen LogP contribution < -0.4 is 0 Å². The van der Waals surface area contributed by atoms with E-state index in [-0.39, 0.29) is 18.0 Å². The number of ether oxygens (including phenoxy) is 2. The molecule has 0 N–H and O–H groups in total. The van der Waals surface area contributed by atoms with E-state index >= 15 is 0 Å². The van der Waals surface area contributed by atoms with Gasteiger partial charge in [0.2, 0.25) is 0 Å². The molecule has 0 amide bonds. The van der Waals surface area contributed by atoms with E-state index in [9.17, 15) is 4.79 Å². The van der Waals surface area contributed by atoms with Gasteiger partial charge in [-0.3, -0.25) is 4.79 Å². The molecule has 0 saturated carbocycles. The molecule has 0 radical (unpaired) electrons. The fraction of sp³-hybridized carbons (Fsp3) is 0.889. The summed E-state index contributed by atoms with van der Waals surface area (Å²) >= 11 is 0. The number of likely N-dealkylation sites (N-methyl/N-ethyl adjacent to an activating group) is 1. The molecule has 4 heteroatoms. The lowest BCUT2D eigenvalue weighted by Gasteiger charge is -2.33. The zero-order valence-corrected chi connectivity index (χ0v) is 8.45. The normalized spacial score (nSPS) is 30.1. The third-order valence-electron chi connectivity index (χ3n) is 2.46. The Morgan fingerprint density at radius 2 is 2.08 bits per heavy atom. The molecule has 13 heavy (non-hydrogen) atoms. The first-order valence-electron chi connectivity index (χ1n) is 4.46. The van der Waals surface area contributed by atoms with Crippen LogP contribution >= 0.6 is 0 Å². The summed E-state index contributed by atoms with van der Waals surface area (Å²) in [6.45, 7) is 1.66. The zero-order valence-electron chi connectivity index (χ0n) is 8.45. The molecule has 0 spiro atoms. The van der Waals surface area contributed by atoms with Crippen molar-refractivity contribution in [3.05, 3.63) is 0 Å². The van der Waals surface area contributed by atoms with Crippen molar-refractivity contribution in [2.75, 3.05) is 34.4 Å². The second-order valence-corrected chi connectivity index (χ2v) is 3.53. The van der Waals surface area contributed by atoms with Gasteiger partial charge in [0.15, 0.2) is 0 Å². The first-order chi connectivity index (χ1) is 6.17. The molecule has 2 unspecified atom stereocenters. The van der Waals surface area contributed by atoms with E-state index in [1.165, 1.54) is 7.11 Å². The lowest BCUT2D eigenvalue weighted by molar-refractivity contribution is -0.149. The molecule has 0 aromatic rings. The minimum Gasteiger partial charge on any atom is -0.469 e. The number of hydrogen-bond acceptors (Lipinski definition) is 4. The molecule has 1 aliphatic rings. The summed E-state index contributed by atoms with van der Waals surface area (Å²) in [4.78, 5) is 13.4. The van der Waals surface area contributed by atoms with Gasteiger partial charge in [0.05, 0.1) is 19.1 Å². The SMILES string of the molecule is COC(=O)C1CC(OC)CN(C)C1. The van der Waals surface area contributed by atoms with Crippen molar-refractivity contribution in [1.29, 1.82) is 0 Å². The Kier molecular flexibility index (Phi) is 3.69. The number of carbonyl (C=O) groups is 1. The van der Waals surface area contributed by atoms with Crippen molar-refractivity contribution in [2.45, 2.75) is 12.5 Å². The molecule has 0 aliphatic carbocycles. The van der Waals surface area contributed by atoms with Gasteiger partial charge in [0.1, 0.15) is 0 Å². The van der Waals surface area contributed by atoms with Crippen molar-refractivity contribution in [2.24, 2.45) is 5.92 Å². The van der Waals surface area contributed by atoms with Crippen LogP contribution in [0, 0.1) is 5.92 Å². The third-order valence-corrected chi connectivity index (χ3v) is 2.46. The summed E-state index contributed by atoms with van der Waals surface area (Å²) in [7, 11) is 5.10. The number of esters is 1. The van der Waals surface area contributed by atoms with Gasteiger partial charge in [0.25, 0.3) is 0 Å². The maximum absolute atomic E-state index is 11.3. The number of nitrogens with zero attached hydrogens (tertiary/aromatic N) is 1. The van der Waals surface area contributed by atoms with Gasteiger partial charge in [-0.25, -0.2) is 0 Å². The molecule has 4 nitrogen and oxygen atoms in total. The monoisotopic (exact) mass is 187 g/mol. The number of carbonyl (C=O) groups excluding carboxylic acids is 1. The van der Waals surface area contributed by atoms with E-state index < -0.39 is 0 Å². The Hall–Kier alpha value is -0.610. The number of hydrogen-bond donors (Lipinski definition) is 0. The fourth-order valence-electron chi connectivity index (χ4n) is 1.77. The summed E-state index contributed by atoms with van der Waals surface area (Å²) < 4.78 is 9.95. The van der Waals surface area contributed by atoms with Crippen molar-refractivity contribution < 1.29 is 14.3 Å². The van der Waals surface area contributed by atoms with Crippen molar-refractivity contribution >= 4 is 5.97 Å². The molecular formula is C9H17NO3. The first kappa shape index (κ1) is 10.5. The van der Waals surface area contributed by atoms with Crippen LogP contribution in [0.25, 0.3) is 0 Å². The van der Waals surface area contributed by atoms with E-state index in [4.69, 9.17) is 9.47 Å². The van der Waals surface area contributed by atoms with Gasteiger partial charge >= 0.3 is 5.97 Å². The number of likely N-dealkylation sites (tertiary alicyclic amines) is 1. The van der Waals surface area contributed by atoms with Gasteiger partial charge in [-0.05, 0) is 13.5 Å². The highest BCUT2D eigenvalue weighted by Crippen LogP contribution is 2.18. The third kappa shape index (κ3) is 2.67. The Morgan fingerprint density at radius 3 is 2.62 bits per heavy atom. The molecule has 0 aromatic carbocycles. The number of methoxy groups -OCH3 is 2. The molecule has 76 valence electrons. The van der Waals surface area contributed by atoms with E-state index in [1.54, 1.807) is 7.11 Å². The second-order valence-electron chi connectivity index (χ2n) is 3.53. The summed E-state index contributed by atoms with van der Waals surface area (Å²) in [5.41, 5.74) is 0. The first-order valence-corrected chi connectivity index (χ1v) is 4.46. The van der Waals surface area contributed by atoms with Crippen LogP contribution in [-0.4, -0.2) is 51.3 Å².